The average molecular weight is 292 g/mol. The molecule has 0 amide bonds. The fourth-order valence-corrected chi connectivity index (χ4v) is 1.82. The third-order valence-electron chi connectivity index (χ3n) is 2.97. The molecule has 7 nitrogen and oxygen atoms in total. The van der Waals surface area contributed by atoms with Crippen LogP contribution in [-0.2, 0) is 13.7 Å². The van der Waals surface area contributed by atoms with Crippen molar-refractivity contribution in [2.75, 3.05) is 14.2 Å². The van der Waals surface area contributed by atoms with Crippen LogP contribution in [0.2, 0.25) is 0 Å². The van der Waals surface area contributed by atoms with Crippen molar-refractivity contribution in [2.24, 2.45) is 7.05 Å². The summed E-state index contributed by atoms with van der Waals surface area (Å²) in [6.07, 6.45) is 3.47. The summed E-state index contributed by atoms with van der Waals surface area (Å²) in [5, 5.41) is 9.07. The number of hydrogen-bond donors (Lipinski definition) is 1. The van der Waals surface area contributed by atoms with Gasteiger partial charge >= 0.3 is 5.97 Å². The van der Waals surface area contributed by atoms with Crippen molar-refractivity contribution in [1.82, 2.24) is 9.55 Å². The van der Waals surface area contributed by atoms with E-state index < -0.39 is 5.97 Å². The number of aromatic nitrogens is 2. The summed E-state index contributed by atoms with van der Waals surface area (Å²) < 4.78 is 17.9. The number of carbonyl (C=O) groups is 1. The van der Waals surface area contributed by atoms with Crippen LogP contribution in [0.5, 0.6) is 17.2 Å². The van der Waals surface area contributed by atoms with Gasteiger partial charge in [0.1, 0.15) is 12.4 Å². The molecule has 2 aromatic rings. The number of aromatic carboxylic acids is 1. The van der Waals surface area contributed by atoms with E-state index in [0.717, 1.165) is 5.82 Å². The third-order valence-corrected chi connectivity index (χ3v) is 2.97. The molecule has 0 saturated heterocycles. The Bertz CT molecular complexity index is 626. The normalized spacial score (nSPS) is 10.2. The largest absolute Gasteiger partial charge is 0.493 e. The number of carboxylic acid groups (broad SMARTS) is 1. The van der Waals surface area contributed by atoms with Gasteiger partial charge in [-0.05, 0) is 12.1 Å². The molecule has 1 heterocycles. The zero-order valence-electron chi connectivity index (χ0n) is 12.0. The van der Waals surface area contributed by atoms with Gasteiger partial charge in [0.15, 0.2) is 11.5 Å². The Hall–Kier alpha value is -2.70. The first-order valence-electron chi connectivity index (χ1n) is 6.15. The molecule has 0 unspecified atom stereocenters. The Balaban J connectivity index is 2.33. The highest BCUT2D eigenvalue weighted by molar-refractivity contribution is 5.89. The lowest BCUT2D eigenvalue weighted by atomic mass is 10.2. The van der Waals surface area contributed by atoms with Gasteiger partial charge < -0.3 is 23.9 Å². The molecule has 0 saturated carbocycles. The van der Waals surface area contributed by atoms with Crippen molar-refractivity contribution < 1.29 is 24.1 Å². The maximum atomic E-state index is 11.1. The first-order chi connectivity index (χ1) is 10.1. The molecule has 0 aliphatic carbocycles. The highest BCUT2D eigenvalue weighted by Gasteiger charge is 2.17. The molecule has 0 radical (unpaired) electrons. The van der Waals surface area contributed by atoms with Gasteiger partial charge in [-0.25, -0.2) is 9.78 Å². The van der Waals surface area contributed by atoms with Crippen molar-refractivity contribution in [1.29, 1.82) is 0 Å². The Labute approximate surface area is 121 Å². The molecule has 0 fully saturated rings. The zero-order valence-corrected chi connectivity index (χ0v) is 12.0. The van der Waals surface area contributed by atoms with Crippen LogP contribution in [0.3, 0.4) is 0 Å². The van der Waals surface area contributed by atoms with Gasteiger partial charge in [-0.3, -0.25) is 0 Å². The maximum Gasteiger partial charge on any atom is 0.335 e. The second-order valence-electron chi connectivity index (χ2n) is 4.26. The van der Waals surface area contributed by atoms with Gasteiger partial charge in [-0.15, -0.1) is 0 Å². The maximum absolute atomic E-state index is 11.1. The quantitative estimate of drug-likeness (QED) is 0.872. The van der Waals surface area contributed by atoms with Crippen molar-refractivity contribution in [3.05, 3.63) is 35.9 Å². The van der Waals surface area contributed by atoms with Crippen molar-refractivity contribution in [2.45, 2.75) is 6.61 Å². The van der Waals surface area contributed by atoms with Crippen LogP contribution in [0.25, 0.3) is 0 Å². The van der Waals surface area contributed by atoms with Crippen molar-refractivity contribution >= 4 is 5.97 Å². The molecule has 7 heteroatoms. The lowest BCUT2D eigenvalue weighted by molar-refractivity contribution is 0.0696. The van der Waals surface area contributed by atoms with Crippen LogP contribution >= 0.6 is 0 Å². The number of methoxy groups -OCH3 is 2. The number of nitrogens with zero attached hydrogens (tertiary/aromatic N) is 2. The number of imidazole rings is 1. The van der Waals surface area contributed by atoms with Crippen LogP contribution in [0.15, 0.2) is 24.5 Å². The monoisotopic (exact) mass is 292 g/mol. The van der Waals surface area contributed by atoms with E-state index in [1.807, 2.05) is 11.6 Å². The number of aryl methyl sites for hydroxylation is 1. The molecule has 2 rings (SSSR count). The van der Waals surface area contributed by atoms with Crippen molar-refractivity contribution in [3.8, 4) is 17.2 Å². The number of ether oxygens (including phenoxy) is 3. The Morgan fingerprint density at radius 2 is 1.90 bits per heavy atom. The van der Waals surface area contributed by atoms with Crippen LogP contribution in [0, 0.1) is 0 Å². The molecule has 1 aromatic heterocycles. The molecule has 0 spiro atoms. The van der Waals surface area contributed by atoms with Crippen LogP contribution in [0.1, 0.15) is 16.2 Å². The van der Waals surface area contributed by atoms with Gasteiger partial charge in [0.2, 0.25) is 5.75 Å². The van der Waals surface area contributed by atoms with Crippen molar-refractivity contribution in [3.63, 3.8) is 0 Å². The number of rotatable bonds is 6. The van der Waals surface area contributed by atoms with E-state index in [9.17, 15) is 4.79 Å². The van der Waals surface area contributed by atoms with Gasteiger partial charge in [0.05, 0.1) is 19.8 Å². The second-order valence-corrected chi connectivity index (χ2v) is 4.26. The minimum Gasteiger partial charge on any atom is -0.493 e. The number of hydrogen-bond acceptors (Lipinski definition) is 5. The summed E-state index contributed by atoms with van der Waals surface area (Å²) in [5.74, 6) is 0.582. The van der Waals surface area contributed by atoms with Crippen LogP contribution in [-0.4, -0.2) is 34.8 Å². The van der Waals surface area contributed by atoms with Gasteiger partial charge in [0.25, 0.3) is 0 Å². The predicted molar refractivity (Wildman–Crippen MR) is 74.0 cm³/mol. The molecular weight excluding hydrogens is 276 g/mol. The fraction of sp³-hybridized carbons (Fsp3) is 0.286. The summed E-state index contributed by atoms with van der Waals surface area (Å²) in [6.45, 7) is 0.211. The summed E-state index contributed by atoms with van der Waals surface area (Å²) in [6, 6.07) is 2.78. The SMILES string of the molecule is COc1cc(C(=O)O)cc(OC)c1OCc1nccn1C. The number of benzene rings is 1. The van der Waals surface area contributed by atoms with E-state index in [-0.39, 0.29) is 12.2 Å². The molecule has 112 valence electrons. The highest BCUT2D eigenvalue weighted by Crippen LogP contribution is 2.39. The Morgan fingerprint density at radius 1 is 1.29 bits per heavy atom. The summed E-state index contributed by atoms with van der Waals surface area (Å²) in [4.78, 5) is 15.2. The molecule has 0 atom stereocenters. The molecule has 0 bridgehead atoms. The standard InChI is InChI=1S/C14H16N2O5/c1-16-5-4-15-12(16)8-21-13-10(19-2)6-9(14(17)18)7-11(13)20-3/h4-7H,8H2,1-3H3,(H,17,18). The van der Waals surface area contributed by atoms with Crippen LogP contribution in [0.4, 0.5) is 0 Å². The summed E-state index contributed by atoms with van der Waals surface area (Å²) in [5.41, 5.74) is 0.0630. The minimum atomic E-state index is -1.07. The van der Waals surface area contributed by atoms with E-state index in [2.05, 4.69) is 4.98 Å². The topological polar surface area (TPSA) is 82.8 Å². The summed E-state index contributed by atoms with van der Waals surface area (Å²) >= 11 is 0. The van der Waals surface area contributed by atoms with Crippen LogP contribution < -0.4 is 14.2 Å². The lowest BCUT2D eigenvalue weighted by Gasteiger charge is -2.15. The van der Waals surface area contributed by atoms with E-state index in [1.165, 1.54) is 26.4 Å². The first-order valence-corrected chi connectivity index (χ1v) is 6.15. The first kappa shape index (κ1) is 14.7. The fourth-order valence-electron chi connectivity index (χ4n) is 1.82. The lowest BCUT2D eigenvalue weighted by Crippen LogP contribution is -2.06. The molecular formula is C14H16N2O5. The summed E-state index contributed by atoms with van der Waals surface area (Å²) in [7, 11) is 4.73. The number of carboxylic acids is 1. The highest BCUT2D eigenvalue weighted by atomic mass is 16.5. The average Bonchev–Trinajstić information content (AvgIpc) is 2.89. The van der Waals surface area contributed by atoms with E-state index in [0.29, 0.717) is 17.2 Å². The molecule has 0 aliphatic rings. The molecule has 21 heavy (non-hydrogen) atoms. The van der Waals surface area contributed by atoms with E-state index >= 15 is 0 Å². The third kappa shape index (κ3) is 3.07. The van der Waals surface area contributed by atoms with E-state index in [1.54, 1.807) is 12.4 Å². The molecule has 1 N–H and O–H groups in total. The van der Waals surface area contributed by atoms with E-state index in [4.69, 9.17) is 19.3 Å². The molecule has 1 aromatic carbocycles. The van der Waals surface area contributed by atoms with Gasteiger partial charge in [0, 0.05) is 19.4 Å². The predicted octanol–water partition coefficient (Wildman–Crippen LogP) is 1.71. The van der Waals surface area contributed by atoms with Gasteiger partial charge in [-0.2, -0.15) is 0 Å². The Morgan fingerprint density at radius 3 is 2.33 bits per heavy atom. The minimum absolute atomic E-state index is 0.0630. The second kappa shape index (κ2) is 6.17. The molecule has 0 aliphatic heterocycles. The smallest absolute Gasteiger partial charge is 0.335 e. The zero-order chi connectivity index (χ0) is 15.4. The Kier molecular flexibility index (Phi) is 4.32. The van der Waals surface area contributed by atoms with Gasteiger partial charge in [-0.1, -0.05) is 0 Å².